The van der Waals surface area contributed by atoms with Gasteiger partial charge in [0, 0.05) is 6.54 Å². The quantitative estimate of drug-likeness (QED) is 0.786. The summed E-state index contributed by atoms with van der Waals surface area (Å²) in [6.07, 6.45) is -1.54. The van der Waals surface area contributed by atoms with E-state index in [1.54, 1.807) is 11.9 Å². The van der Waals surface area contributed by atoms with Crippen molar-refractivity contribution >= 4 is 11.9 Å². The molecule has 1 aliphatic heterocycles. The third-order valence-electron chi connectivity index (χ3n) is 6.10. The number of halogens is 3. The smallest absolute Gasteiger partial charge is 0.323 e. The Kier molecular flexibility index (Phi) is 5.44. The Morgan fingerprint density at radius 3 is 2.25 bits per heavy atom. The van der Waals surface area contributed by atoms with Crippen LogP contribution in [0.4, 0.5) is 18.0 Å². The lowest BCUT2D eigenvalue weighted by Crippen LogP contribution is -2.59. The summed E-state index contributed by atoms with van der Waals surface area (Å²) in [5, 5.41) is 2.95. The van der Waals surface area contributed by atoms with Crippen molar-refractivity contribution in [1.82, 2.24) is 15.1 Å². The van der Waals surface area contributed by atoms with Gasteiger partial charge >= 0.3 is 12.2 Å². The fourth-order valence-corrected chi connectivity index (χ4v) is 4.48. The Morgan fingerprint density at radius 1 is 1.14 bits per heavy atom. The van der Waals surface area contributed by atoms with Gasteiger partial charge in [0.15, 0.2) is 0 Å². The first-order valence-electron chi connectivity index (χ1n) is 9.54. The predicted molar refractivity (Wildman–Crippen MR) is 98.1 cm³/mol. The summed E-state index contributed by atoms with van der Waals surface area (Å²) in [6, 6.07) is 4.51. The maximum Gasteiger partial charge on any atom is 0.416 e. The molecule has 1 spiro atoms. The van der Waals surface area contributed by atoms with Gasteiger partial charge in [-0.15, -0.1) is 0 Å². The average Bonchev–Trinajstić information content (AvgIpc) is 2.85. The van der Waals surface area contributed by atoms with Gasteiger partial charge in [-0.2, -0.15) is 13.2 Å². The normalized spacial score (nSPS) is 28.3. The monoisotopic (exact) mass is 397 g/mol. The van der Waals surface area contributed by atoms with Gasteiger partial charge in [-0.1, -0.05) is 32.4 Å². The zero-order valence-electron chi connectivity index (χ0n) is 16.3. The minimum absolute atomic E-state index is 0.0675. The van der Waals surface area contributed by atoms with Gasteiger partial charge in [0.1, 0.15) is 5.54 Å². The van der Waals surface area contributed by atoms with E-state index in [1.165, 1.54) is 17.0 Å². The van der Waals surface area contributed by atoms with Gasteiger partial charge in [-0.05, 0) is 49.4 Å². The molecule has 0 bridgehead atoms. The van der Waals surface area contributed by atoms with Crippen molar-refractivity contribution in [3.05, 3.63) is 35.4 Å². The van der Waals surface area contributed by atoms with Crippen LogP contribution in [0, 0.1) is 11.8 Å². The Bertz CT molecular complexity index is 738. The van der Waals surface area contributed by atoms with Crippen LogP contribution >= 0.6 is 0 Å². The molecule has 3 amide bonds. The number of nitrogens with one attached hydrogen (secondary N) is 1. The van der Waals surface area contributed by atoms with E-state index >= 15 is 0 Å². The molecule has 2 atom stereocenters. The molecule has 1 aromatic rings. The average molecular weight is 397 g/mol. The second-order valence-electron chi connectivity index (χ2n) is 8.12. The number of urea groups is 1. The summed E-state index contributed by atoms with van der Waals surface area (Å²) in [5.74, 6) is -0.0627. The topological polar surface area (TPSA) is 52.7 Å². The zero-order chi connectivity index (χ0) is 20.7. The Labute approximate surface area is 162 Å². The van der Waals surface area contributed by atoms with Crippen LogP contribution in [-0.4, -0.2) is 41.0 Å². The van der Waals surface area contributed by atoms with Gasteiger partial charge in [0.2, 0.25) is 0 Å². The zero-order valence-corrected chi connectivity index (χ0v) is 16.3. The van der Waals surface area contributed by atoms with E-state index in [-0.39, 0.29) is 24.4 Å². The number of imide groups is 1. The van der Waals surface area contributed by atoms with E-state index in [0.29, 0.717) is 12.1 Å². The lowest BCUT2D eigenvalue weighted by atomic mass is 9.67. The van der Waals surface area contributed by atoms with Crippen molar-refractivity contribution in [3.8, 4) is 0 Å². The molecule has 28 heavy (non-hydrogen) atoms. The summed E-state index contributed by atoms with van der Waals surface area (Å²) in [7, 11) is 1.73. The van der Waals surface area contributed by atoms with Crippen LogP contribution in [0.5, 0.6) is 0 Å². The summed E-state index contributed by atoms with van der Waals surface area (Å²) < 4.78 is 38.0. The van der Waals surface area contributed by atoms with E-state index in [2.05, 4.69) is 5.32 Å². The van der Waals surface area contributed by atoms with Crippen molar-refractivity contribution in [1.29, 1.82) is 0 Å². The molecule has 3 rings (SSSR count). The number of hydrogen-bond donors (Lipinski definition) is 1. The second-order valence-corrected chi connectivity index (χ2v) is 8.12. The van der Waals surface area contributed by atoms with Crippen LogP contribution < -0.4 is 5.32 Å². The lowest BCUT2D eigenvalue weighted by molar-refractivity contribution is -0.138. The number of rotatable bonds is 4. The van der Waals surface area contributed by atoms with E-state index < -0.39 is 23.3 Å². The second kappa shape index (κ2) is 7.39. The van der Waals surface area contributed by atoms with Gasteiger partial charge in [-0.25, -0.2) is 9.69 Å². The van der Waals surface area contributed by atoms with E-state index in [4.69, 9.17) is 0 Å². The number of hydrogen-bond acceptors (Lipinski definition) is 3. The summed E-state index contributed by atoms with van der Waals surface area (Å²) >= 11 is 0. The molecule has 1 saturated carbocycles. The third kappa shape index (κ3) is 3.62. The molecule has 0 radical (unpaired) electrons. The number of carbonyl (C=O) groups excluding carboxylic acids is 2. The number of carbonyl (C=O) groups is 2. The first-order chi connectivity index (χ1) is 13.1. The van der Waals surface area contributed by atoms with Gasteiger partial charge in [0.05, 0.1) is 12.2 Å². The van der Waals surface area contributed by atoms with Gasteiger partial charge in [0.25, 0.3) is 5.91 Å². The maximum atomic E-state index is 13.1. The molecule has 2 unspecified atom stereocenters. The van der Waals surface area contributed by atoms with Crippen molar-refractivity contribution < 1.29 is 22.8 Å². The fourth-order valence-electron chi connectivity index (χ4n) is 4.48. The fraction of sp³-hybridized carbons (Fsp3) is 0.600. The van der Waals surface area contributed by atoms with Gasteiger partial charge in [-0.3, -0.25) is 9.69 Å². The Morgan fingerprint density at radius 2 is 1.71 bits per heavy atom. The van der Waals surface area contributed by atoms with Crippen molar-refractivity contribution in [2.45, 2.75) is 51.4 Å². The largest absolute Gasteiger partial charge is 0.416 e. The molecule has 1 aromatic carbocycles. The minimum atomic E-state index is -4.37. The summed E-state index contributed by atoms with van der Waals surface area (Å²) in [4.78, 5) is 28.7. The van der Waals surface area contributed by atoms with Crippen LogP contribution in [0.3, 0.4) is 0 Å². The summed E-state index contributed by atoms with van der Waals surface area (Å²) in [6.45, 7) is 4.42. The highest BCUT2D eigenvalue weighted by Crippen LogP contribution is 2.42. The van der Waals surface area contributed by atoms with Crippen LogP contribution in [0.2, 0.25) is 0 Å². The SMILES string of the molecule is CC1CCCC(C)C12NC(=O)N(CN(C)Cc1ccc(C(F)(F)F)cc1)C2=O. The van der Waals surface area contributed by atoms with Crippen LogP contribution in [0.25, 0.3) is 0 Å². The molecule has 1 N–H and O–H groups in total. The van der Waals surface area contributed by atoms with Crippen LogP contribution in [0.1, 0.15) is 44.2 Å². The number of nitrogens with zero attached hydrogens (tertiary/aromatic N) is 2. The highest BCUT2D eigenvalue weighted by Gasteiger charge is 2.58. The molecule has 0 aromatic heterocycles. The van der Waals surface area contributed by atoms with Crippen LogP contribution in [0.15, 0.2) is 24.3 Å². The molecule has 2 aliphatic rings. The predicted octanol–water partition coefficient (Wildman–Crippen LogP) is 3.84. The van der Waals surface area contributed by atoms with E-state index in [0.717, 1.165) is 31.4 Å². The molecule has 1 aliphatic carbocycles. The van der Waals surface area contributed by atoms with Crippen LogP contribution in [-0.2, 0) is 17.5 Å². The van der Waals surface area contributed by atoms with Gasteiger partial charge < -0.3 is 5.32 Å². The Hall–Kier alpha value is -2.09. The highest BCUT2D eigenvalue weighted by molar-refractivity contribution is 6.07. The lowest BCUT2D eigenvalue weighted by Gasteiger charge is -2.42. The first-order valence-corrected chi connectivity index (χ1v) is 9.54. The molecule has 5 nitrogen and oxygen atoms in total. The van der Waals surface area contributed by atoms with Crippen molar-refractivity contribution in [2.24, 2.45) is 11.8 Å². The molecule has 1 saturated heterocycles. The van der Waals surface area contributed by atoms with Crippen molar-refractivity contribution in [3.63, 3.8) is 0 Å². The summed E-state index contributed by atoms with van der Waals surface area (Å²) in [5.41, 5.74) is -0.864. The van der Waals surface area contributed by atoms with E-state index in [1.807, 2.05) is 13.8 Å². The standard InChI is InChI=1S/C20H26F3N3O2/c1-13-5-4-6-14(2)19(13)17(27)26(18(28)24-19)12-25(3)11-15-7-9-16(10-8-15)20(21,22)23/h7-10,13-14H,4-6,11-12H2,1-3H3,(H,24,28). The number of alkyl halides is 3. The molecular weight excluding hydrogens is 371 g/mol. The van der Waals surface area contributed by atoms with Crippen molar-refractivity contribution in [2.75, 3.05) is 13.7 Å². The maximum absolute atomic E-state index is 13.1. The third-order valence-corrected chi connectivity index (χ3v) is 6.10. The first kappa shape index (κ1) is 20.6. The molecule has 8 heteroatoms. The van der Waals surface area contributed by atoms with E-state index in [9.17, 15) is 22.8 Å². The molecule has 1 heterocycles. The highest BCUT2D eigenvalue weighted by atomic mass is 19.4. The molecular formula is C20H26F3N3O2. The molecule has 154 valence electrons. The Balaban J connectivity index is 1.68. The number of amides is 3. The molecule has 2 fully saturated rings. The number of benzene rings is 1. The minimum Gasteiger partial charge on any atom is -0.323 e.